The topological polar surface area (TPSA) is 89.3 Å². The van der Waals surface area contributed by atoms with Gasteiger partial charge in [-0.05, 0) is 35.9 Å². The summed E-state index contributed by atoms with van der Waals surface area (Å²) < 4.78 is 0. The molecule has 0 aromatic heterocycles. The van der Waals surface area contributed by atoms with Crippen LogP contribution in [0, 0.1) is 0 Å². The first-order chi connectivity index (χ1) is 10.0. The van der Waals surface area contributed by atoms with Crippen LogP contribution in [-0.4, -0.2) is 17.6 Å². The van der Waals surface area contributed by atoms with Crippen LogP contribution >= 0.6 is 0 Å². The van der Waals surface area contributed by atoms with E-state index in [1.807, 2.05) is 0 Å². The summed E-state index contributed by atoms with van der Waals surface area (Å²) in [4.78, 5) is 34.9. The number of anilines is 1. The number of carbonyl (C=O) groups excluding carboxylic acids is 3. The number of nitrogens with one attached hydrogen (secondary N) is 1. The van der Waals surface area contributed by atoms with Gasteiger partial charge in [0.2, 0.25) is 11.8 Å². The Morgan fingerprint density at radius 2 is 1.71 bits per heavy atom. The molecule has 2 aromatic rings. The maximum atomic E-state index is 12.4. The molecule has 0 saturated carbocycles. The molecule has 5 nitrogen and oxygen atoms in total. The van der Waals surface area contributed by atoms with Crippen LogP contribution in [0.3, 0.4) is 0 Å². The highest BCUT2D eigenvalue weighted by Gasteiger charge is 2.19. The number of ketones is 1. The van der Waals surface area contributed by atoms with E-state index in [0.29, 0.717) is 16.7 Å². The summed E-state index contributed by atoms with van der Waals surface area (Å²) in [6.07, 6.45) is 0.276. The molecule has 0 aliphatic carbocycles. The number of rotatable bonds is 3. The van der Waals surface area contributed by atoms with Crippen LogP contribution in [-0.2, 0) is 11.2 Å². The second-order valence-electron chi connectivity index (χ2n) is 4.87. The molecule has 1 aliphatic heterocycles. The lowest BCUT2D eigenvalue weighted by Gasteiger charge is -2.05. The number of carbonyl (C=O) groups is 3. The predicted octanol–water partition coefficient (Wildman–Crippen LogP) is 1.51. The second-order valence-corrected chi connectivity index (χ2v) is 4.87. The van der Waals surface area contributed by atoms with Gasteiger partial charge in [0.05, 0.1) is 6.42 Å². The third-order valence-corrected chi connectivity index (χ3v) is 3.40. The number of hydrogen-bond acceptors (Lipinski definition) is 3. The first-order valence-electron chi connectivity index (χ1n) is 6.42. The Hall–Kier alpha value is -2.95. The zero-order chi connectivity index (χ0) is 15.0. The Balaban J connectivity index is 1.96. The molecule has 2 amide bonds. The maximum Gasteiger partial charge on any atom is 0.248 e. The SMILES string of the molecule is NC(=O)c1cccc(C(=O)c2ccc3c(c2)CC(=O)N3)c1. The van der Waals surface area contributed by atoms with Gasteiger partial charge in [0.15, 0.2) is 5.78 Å². The van der Waals surface area contributed by atoms with Crippen molar-refractivity contribution in [2.75, 3.05) is 5.32 Å². The second kappa shape index (κ2) is 4.86. The minimum atomic E-state index is -0.576. The van der Waals surface area contributed by atoms with Gasteiger partial charge in [0.1, 0.15) is 0 Å². The van der Waals surface area contributed by atoms with Crippen molar-refractivity contribution in [1.82, 2.24) is 0 Å². The van der Waals surface area contributed by atoms with Crippen molar-refractivity contribution in [3.05, 3.63) is 64.7 Å². The van der Waals surface area contributed by atoms with Gasteiger partial charge in [-0.1, -0.05) is 12.1 Å². The zero-order valence-corrected chi connectivity index (χ0v) is 11.1. The molecule has 0 bridgehead atoms. The van der Waals surface area contributed by atoms with E-state index in [1.165, 1.54) is 6.07 Å². The average Bonchev–Trinajstić information content (AvgIpc) is 2.85. The van der Waals surface area contributed by atoms with Gasteiger partial charge >= 0.3 is 0 Å². The zero-order valence-electron chi connectivity index (χ0n) is 11.1. The highest BCUT2D eigenvalue weighted by Crippen LogP contribution is 2.25. The summed E-state index contributed by atoms with van der Waals surface area (Å²) in [6.45, 7) is 0. The van der Waals surface area contributed by atoms with Crippen LogP contribution in [0.2, 0.25) is 0 Å². The molecule has 0 fully saturated rings. The van der Waals surface area contributed by atoms with E-state index < -0.39 is 5.91 Å². The highest BCUT2D eigenvalue weighted by atomic mass is 16.2. The molecule has 2 aromatic carbocycles. The van der Waals surface area contributed by atoms with Gasteiger partial charge in [-0.15, -0.1) is 0 Å². The largest absolute Gasteiger partial charge is 0.366 e. The van der Waals surface area contributed by atoms with E-state index in [-0.39, 0.29) is 18.1 Å². The number of hydrogen-bond donors (Lipinski definition) is 2. The summed E-state index contributed by atoms with van der Waals surface area (Å²) in [5.74, 6) is -0.862. The summed E-state index contributed by atoms with van der Waals surface area (Å²) in [5.41, 5.74) is 7.92. The van der Waals surface area contributed by atoms with Gasteiger partial charge in [0.25, 0.3) is 0 Å². The van der Waals surface area contributed by atoms with Crippen molar-refractivity contribution in [3.63, 3.8) is 0 Å². The molecular weight excluding hydrogens is 268 g/mol. The van der Waals surface area contributed by atoms with Crippen LogP contribution in [0.4, 0.5) is 5.69 Å². The lowest BCUT2D eigenvalue weighted by atomic mass is 9.99. The first kappa shape index (κ1) is 13.1. The van der Waals surface area contributed by atoms with E-state index in [9.17, 15) is 14.4 Å². The standard InChI is InChI=1S/C16H12N2O3/c17-16(21)11-3-1-2-9(6-11)15(20)10-4-5-13-12(7-10)8-14(19)18-13/h1-7H,8H2,(H2,17,21)(H,18,19). The number of benzene rings is 2. The Labute approximate surface area is 120 Å². The van der Waals surface area contributed by atoms with Gasteiger partial charge in [-0.2, -0.15) is 0 Å². The fourth-order valence-electron chi connectivity index (χ4n) is 2.35. The molecule has 0 saturated heterocycles. The maximum absolute atomic E-state index is 12.4. The smallest absolute Gasteiger partial charge is 0.248 e. The van der Waals surface area contributed by atoms with E-state index >= 15 is 0 Å². The summed E-state index contributed by atoms with van der Waals surface area (Å²) in [6, 6.07) is 11.4. The third-order valence-electron chi connectivity index (χ3n) is 3.40. The highest BCUT2D eigenvalue weighted by molar-refractivity contribution is 6.11. The molecule has 3 rings (SSSR count). The van der Waals surface area contributed by atoms with Gasteiger partial charge in [-0.3, -0.25) is 14.4 Å². The third kappa shape index (κ3) is 2.41. The number of primary amides is 1. The molecule has 1 heterocycles. The Morgan fingerprint density at radius 3 is 2.48 bits per heavy atom. The van der Waals surface area contributed by atoms with Crippen LogP contribution in [0.15, 0.2) is 42.5 Å². The molecule has 0 atom stereocenters. The minimum absolute atomic E-state index is 0.0784. The van der Waals surface area contributed by atoms with Gasteiger partial charge in [0, 0.05) is 22.4 Å². The molecule has 5 heteroatoms. The van der Waals surface area contributed by atoms with Crippen LogP contribution in [0.1, 0.15) is 31.8 Å². The molecule has 21 heavy (non-hydrogen) atoms. The number of nitrogens with two attached hydrogens (primary N) is 1. The monoisotopic (exact) mass is 280 g/mol. The molecule has 0 radical (unpaired) electrons. The van der Waals surface area contributed by atoms with Gasteiger partial charge in [-0.25, -0.2) is 0 Å². The average molecular weight is 280 g/mol. The lowest BCUT2D eigenvalue weighted by Crippen LogP contribution is -2.12. The predicted molar refractivity (Wildman–Crippen MR) is 77.2 cm³/mol. The van der Waals surface area contributed by atoms with Crippen molar-refractivity contribution in [2.45, 2.75) is 6.42 Å². The minimum Gasteiger partial charge on any atom is -0.366 e. The molecule has 104 valence electrons. The molecule has 1 aliphatic rings. The Kier molecular flexibility index (Phi) is 3.02. The van der Waals surface area contributed by atoms with Crippen LogP contribution in [0.25, 0.3) is 0 Å². The van der Waals surface area contributed by atoms with E-state index in [1.54, 1.807) is 36.4 Å². The normalized spacial score (nSPS) is 12.7. The molecular formula is C16H12N2O3. The number of fused-ring (bicyclic) bond motifs is 1. The van der Waals surface area contributed by atoms with Crippen molar-refractivity contribution >= 4 is 23.3 Å². The summed E-state index contributed by atoms with van der Waals surface area (Å²) in [5, 5.41) is 2.72. The van der Waals surface area contributed by atoms with Crippen LogP contribution < -0.4 is 11.1 Å². The molecule has 0 unspecified atom stereocenters. The first-order valence-corrected chi connectivity index (χ1v) is 6.42. The lowest BCUT2D eigenvalue weighted by molar-refractivity contribution is -0.115. The molecule has 0 spiro atoms. The Morgan fingerprint density at radius 1 is 1.00 bits per heavy atom. The quantitative estimate of drug-likeness (QED) is 0.835. The Bertz CT molecular complexity index is 781. The van der Waals surface area contributed by atoms with E-state index in [4.69, 9.17) is 5.73 Å². The van der Waals surface area contributed by atoms with Crippen molar-refractivity contribution in [1.29, 1.82) is 0 Å². The summed E-state index contributed by atoms with van der Waals surface area (Å²) >= 11 is 0. The fourth-order valence-corrected chi connectivity index (χ4v) is 2.35. The van der Waals surface area contributed by atoms with E-state index in [0.717, 1.165) is 11.3 Å². The van der Waals surface area contributed by atoms with E-state index in [2.05, 4.69) is 5.32 Å². The van der Waals surface area contributed by atoms with Crippen molar-refractivity contribution in [3.8, 4) is 0 Å². The fraction of sp³-hybridized carbons (Fsp3) is 0.0625. The molecule has 3 N–H and O–H groups in total. The van der Waals surface area contributed by atoms with Gasteiger partial charge < -0.3 is 11.1 Å². The van der Waals surface area contributed by atoms with Crippen molar-refractivity contribution < 1.29 is 14.4 Å². The van der Waals surface area contributed by atoms with Crippen molar-refractivity contribution in [2.24, 2.45) is 5.73 Å². The number of amides is 2. The van der Waals surface area contributed by atoms with Crippen LogP contribution in [0.5, 0.6) is 0 Å². The summed E-state index contributed by atoms with van der Waals surface area (Å²) in [7, 11) is 0.